The number of carbonyl (C=O) groups excluding carboxylic acids is 2. The Morgan fingerprint density at radius 3 is 2.52 bits per heavy atom. The van der Waals surface area contributed by atoms with E-state index < -0.39 is 47.3 Å². The first kappa shape index (κ1) is 34.8. The van der Waals surface area contributed by atoms with Crippen molar-refractivity contribution in [2.75, 3.05) is 0 Å². The molecule has 1 aromatic heterocycles. The molecule has 1 N–H and O–H groups in total. The van der Waals surface area contributed by atoms with E-state index in [4.69, 9.17) is 13.8 Å². The third-order valence-electron chi connectivity index (χ3n) is 8.06. The molecule has 0 saturated carbocycles. The monoisotopic (exact) mass is 614 g/mol. The average molecular weight is 615 g/mol. The molecule has 1 aromatic rings. The number of cyclic esters (lactones) is 1. The highest BCUT2D eigenvalue weighted by Crippen LogP contribution is 2.37. The molecule has 1 saturated heterocycles. The lowest BCUT2D eigenvalue weighted by atomic mass is 9.72. The predicted molar refractivity (Wildman–Crippen MR) is 163 cm³/mol. The number of thiazole rings is 1. The Kier molecular flexibility index (Phi) is 13.2. The van der Waals surface area contributed by atoms with Crippen molar-refractivity contribution in [2.24, 2.45) is 22.4 Å². The molecule has 0 spiro atoms. The van der Waals surface area contributed by atoms with Gasteiger partial charge in [-0.05, 0) is 63.1 Å². The second-order valence-corrected chi connectivity index (χ2v) is 13.3. The summed E-state index contributed by atoms with van der Waals surface area (Å²) < 4.78 is 17.3. The van der Waals surface area contributed by atoms with Crippen LogP contribution in [0, 0.1) is 24.2 Å². The number of aromatic nitrogens is 1. The van der Waals surface area contributed by atoms with Gasteiger partial charge in [0.1, 0.15) is 11.9 Å². The van der Waals surface area contributed by atoms with Crippen LogP contribution in [0.1, 0.15) is 84.3 Å². The molecule has 2 rings (SSSR count). The highest BCUT2D eigenvalue weighted by atomic mass is 32.1. The minimum atomic E-state index is -1.36. The zero-order chi connectivity index (χ0) is 30.3. The average Bonchev–Trinajstić information content (AvgIpc) is 3.29. The Hall–Kier alpha value is -1.44. The smallest absolute Gasteiger partial charge is 0.309 e. The van der Waals surface area contributed by atoms with Gasteiger partial charge in [0, 0.05) is 35.1 Å². The van der Waals surface area contributed by atoms with Crippen LogP contribution in [0.15, 0.2) is 16.1 Å². The molecule has 13 heteroatoms. The third kappa shape index (κ3) is 9.03. The first-order chi connectivity index (χ1) is 18.7. The molecule has 1 aliphatic rings. The highest BCUT2D eigenvalue weighted by Gasteiger charge is 2.44. The van der Waals surface area contributed by atoms with Gasteiger partial charge in [0.25, 0.3) is 0 Å². The lowest BCUT2D eigenvalue weighted by Gasteiger charge is -2.38. The van der Waals surface area contributed by atoms with Crippen molar-refractivity contribution in [1.82, 2.24) is 4.98 Å². The number of esters is 1. The summed E-state index contributed by atoms with van der Waals surface area (Å²) >= 11 is 1.50. The molecular formula is C27H44N4O6P2S. The maximum absolute atomic E-state index is 13.7. The highest BCUT2D eigenvalue weighted by molar-refractivity contribution is 7.10. The summed E-state index contributed by atoms with van der Waals surface area (Å²) in [5, 5.41) is 18.2. The predicted octanol–water partition coefficient (Wildman–Crippen LogP) is 6.38. The number of ether oxygens (including phenoxy) is 1. The number of ketones is 1. The Balaban J connectivity index is 2.54. The van der Waals surface area contributed by atoms with E-state index in [0.717, 1.165) is 10.7 Å². The Bertz CT molecular complexity index is 1100. The number of rotatable bonds is 5. The van der Waals surface area contributed by atoms with Crippen LogP contribution in [0.25, 0.3) is 16.5 Å². The van der Waals surface area contributed by atoms with E-state index in [0.29, 0.717) is 24.8 Å². The number of aliphatic hydroxyl groups is 1. The number of azide groups is 1. The van der Waals surface area contributed by atoms with Crippen LogP contribution in [-0.4, -0.2) is 51.8 Å². The summed E-state index contributed by atoms with van der Waals surface area (Å²) in [7, 11) is 4.43. The summed E-state index contributed by atoms with van der Waals surface area (Å²) in [4.78, 5) is 34.5. The first-order valence-electron chi connectivity index (χ1n) is 13.5. The molecule has 0 aromatic carbocycles. The normalized spacial score (nSPS) is 33.2. The number of hydrogen-bond donors (Lipinski definition) is 1. The molecule has 0 bridgehead atoms. The molecule has 1 aliphatic heterocycles. The van der Waals surface area contributed by atoms with Crippen LogP contribution in [0.3, 0.4) is 0 Å². The van der Waals surface area contributed by atoms with Crippen molar-refractivity contribution < 1.29 is 28.5 Å². The van der Waals surface area contributed by atoms with Crippen LogP contribution in [0.4, 0.5) is 0 Å². The maximum atomic E-state index is 13.7. The van der Waals surface area contributed by atoms with Gasteiger partial charge >= 0.3 is 5.97 Å². The lowest BCUT2D eigenvalue weighted by molar-refractivity contribution is -0.153. The van der Waals surface area contributed by atoms with E-state index in [1.165, 1.54) is 11.3 Å². The molecule has 9 unspecified atom stereocenters. The van der Waals surface area contributed by atoms with Crippen molar-refractivity contribution >= 4 is 48.1 Å². The number of nitrogens with zero attached hydrogens (tertiary/aromatic N) is 4. The lowest BCUT2D eigenvalue weighted by Crippen LogP contribution is -2.46. The Morgan fingerprint density at radius 2 is 1.98 bits per heavy atom. The number of Topliss-reactive ketones (excluding diaryl/α,β-unsaturated/α-hetero) is 1. The quantitative estimate of drug-likeness (QED) is 0.133. The van der Waals surface area contributed by atoms with Crippen LogP contribution in [-0.2, 0) is 23.4 Å². The van der Waals surface area contributed by atoms with E-state index in [1.807, 2.05) is 39.2 Å². The fourth-order valence-electron chi connectivity index (χ4n) is 5.37. The van der Waals surface area contributed by atoms with E-state index in [1.54, 1.807) is 20.8 Å². The number of carbonyl (C=O) groups is 2. The number of hydrogen-bond acceptors (Lipinski definition) is 9. The van der Waals surface area contributed by atoms with Gasteiger partial charge in [-0.1, -0.05) is 39.2 Å². The van der Waals surface area contributed by atoms with Crippen molar-refractivity contribution in [3.05, 3.63) is 32.1 Å². The van der Waals surface area contributed by atoms with Crippen LogP contribution in [0.2, 0.25) is 0 Å². The van der Waals surface area contributed by atoms with Gasteiger partial charge in [-0.15, -0.1) is 11.3 Å². The van der Waals surface area contributed by atoms with Crippen LogP contribution in [0.5, 0.6) is 0 Å². The second-order valence-electron chi connectivity index (χ2n) is 11.6. The van der Waals surface area contributed by atoms with Gasteiger partial charge < -0.3 is 18.9 Å². The van der Waals surface area contributed by atoms with E-state index in [-0.39, 0.29) is 24.5 Å². The van der Waals surface area contributed by atoms with Gasteiger partial charge in [0.05, 0.1) is 46.4 Å². The van der Waals surface area contributed by atoms with E-state index in [9.17, 15) is 20.2 Å². The summed E-state index contributed by atoms with van der Waals surface area (Å²) in [5.41, 5.74) is 8.37. The van der Waals surface area contributed by atoms with Gasteiger partial charge in [0.2, 0.25) is 0 Å². The van der Waals surface area contributed by atoms with Gasteiger partial charge in [-0.25, -0.2) is 4.98 Å². The summed E-state index contributed by atoms with van der Waals surface area (Å²) in [6, 6.07) is -0.862. The second kappa shape index (κ2) is 15.2. The zero-order valence-corrected chi connectivity index (χ0v) is 27.6. The number of aryl methyl sites for hydroxylation is 1. The molecule has 10 nitrogen and oxygen atoms in total. The molecule has 40 heavy (non-hydrogen) atoms. The zero-order valence-electron chi connectivity index (χ0n) is 24.5. The molecule has 1 fully saturated rings. The largest absolute Gasteiger partial charge is 0.458 e. The summed E-state index contributed by atoms with van der Waals surface area (Å²) in [6.45, 7) is 12.7. The molecule has 2 heterocycles. The van der Waals surface area contributed by atoms with Crippen LogP contribution >= 0.6 is 30.3 Å². The Labute approximate surface area is 246 Å². The molecule has 0 radical (unpaired) electrons. The topological polar surface area (TPSA) is 144 Å². The van der Waals surface area contributed by atoms with Crippen molar-refractivity contribution in [3.63, 3.8) is 0 Å². The van der Waals surface area contributed by atoms with Crippen molar-refractivity contribution in [3.8, 4) is 0 Å². The molecule has 0 amide bonds. The molecule has 0 aliphatic carbocycles. The Morgan fingerprint density at radius 1 is 1.30 bits per heavy atom. The summed E-state index contributed by atoms with van der Waals surface area (Å²) in [6.07, 6.45) is 1.37. The first-order valence-corrected chi connectivity index (χ1v) is 15.3. The SMILES string of the molecule is C/C(=C\c1csc(C)n1)C1CC(N=[N+]=[N-])C(C)(O)CCCC(C)C(OP)C(C)C(=O)C(C)(C)C(OP)CC(=O)O1. The molecule has 224 valence electrons. The van der Waals surface area contributed by atoms with Crippen LogP contribution < -0.4 is 0 Å². The maximum Gasteiger partial charge on any atom is 0.309 e. The molecule has 9 atom stereocenters. The fraction of sp³-hybridized carbons (Fsp3) is 0.741. The van der Waals surface area contributed by atoms with E-state index >= 15 is 0 Å². The summed E-state index contributed by atoms with van der Waals surface area (Å²) in [5.74, 6) is -1.15. The third-order valence-corrected chi connectivity index (χ3v) is 9.50. The van der Waals surface area contributed by atoms with Crippen molar-refractivity contribution in [2.45, 2.75) is 111 Å². The minimum Gasteiger partial charge on any atom is -0.458 e. The molecular weight excluding hydrogens is 570 g/mol. The van der Waals surface area contributed by atoms with Gasteiger partial charge in [-0.3, -0.25) is 9.59 Å². The van der Waals surface area contributed by atoms with Crippen molar-refractivity contribution in [1.29, 1.82) is 0 Å². The van der Waals surface area contributed by atoms with Gasteiger partial charge in [0.15, 0.2) is 0 Å². The van der Waals surface area contributed by atoms with E-state index in [2.05, 4.69) is 33.9 Å². The van der Waals surface area contributed by atoms with Gasteiger partial charge in [-0.2, -0.15) is 0 Å². The standard InChI is InChI=1S/C27H44N4O6P2S/c1-15-9-8-10-27(7,34)21(30-31-28)12-20(16(2)11-19-14-40-18(4)29-19)35-23(32)13-22(36-38)26(5,6)25(33)17(3)24(15)37-39/h11,14-15,17,20-22,24,34H,8-10,12-13,38-39H2,1-7H3/b16-11+. The fourth-order valence-corrected chi connectivity index (χ4v) is 6.88. The minimum absolute atomic E-state index is 0.00583.